The van der Waals surface area contributed by atoms with Crippen LogP contribution in [0, 0.1) is 5.92 Å². The molecule has 0 aliphatic carbocycles. The molecule has 1 rings (SSSR count). The van der Waals surface area contributed by atoms with E-state index in [1.165, 1.54) is 0 Å². The van der Waals surface area contributed by atoms with Crippen molar-refractivity contribution in [2.45, 2.75) is 27.2 Å². The molecule has 0 radical (unpaired) electrons. The maximum absolute atomic E-state index is 10.0. The number of nitrogens with zero attached hydrogens (tertiary/aromatic N) is 2. The first-order valence-electron chi connectivity index (χ1n) is 4.72. The number of likely N-dealkylation sites (N-methyl/N-ethyl adjacent to an activating group) is 1. The number of amidine groups is 1. The van der Waals surface area contributed by atoms with Crippen LogP contribution in [0.25, 0.3) is 0 Å². The maximum atomic E-state index is 10.0. The van der Waals surface area contributed by atoms with E-state index in [4.69, 9.17) is 0 Å². The molecule has 1 aliphatic heterocycles. The Kier molecular flexibility index (Phi) is 2.85. The van der Waals surface area contributed by atoms with Crippen LogP contribution in [0.5, 0.6) is 0 Å². The molecule has 1 unspecified atom stereocenters. The molecule has 1 heterocycles. The molecule has 0 aromatic carbocycles. The highest BCUT2D eigenvalue weighted by Crippen LogP contribution is 2.16. The number of rotatable bonds is 3. The van der Waals surface area contributed by atoms with Gasteiger partial charge in [-0.15, -0.1) is 4.65 Å². The van der Waals surface area contributed by atoms with Gasteiger partial charge >= 0.3 is 0 Å². The molecule has 3 nitrogen and oxygen atoms in total. The lowest BCUT2D eigenvalue weighted by atomic mass is 10.1. The van der Waals surface area contributed by atoms with E-state index in [-0.39, 0.29) is 4.65 Å². The van der Waals surface area contributed by atoms with Crippen molar-refractivity contribution in [2.24, 2.45) is 10.9 Å². The van der Waals surface area contributed by atoms with Crippen molar-refractivity contribution < 1.29 is 9.85 Å². The molecule has 0 bridgehead atoms. The van der Waals surface area contributed by atoms with E-state index in [9.17, 15) is 5.21 Å². The minimum atomic E-state index is 0.0815. The average molecular weight is 171 g/mol. The normalized spacial score (nSPS) is 29.6. The Morgan fingerprint density at radius 2 is 2.25 bits per heavy atom. The molecule has 1 aliphatic rings. The van der Waals surface area contributed by atoms with E-state index in [0.29, 0.717) is 5.92 Å². The second-order valence-corrected chi connectivity index (χ2v) is 3.86. The van der Waals surface area contributed by atoms with Gasteiger partial charge in [0.2, 0.25) is 5.84 Å². The quantitative estimate of drug-likeness (QED) is 0.644. The van der Waals surface area contributed by atoms with E-state index in [2.05, 4.69) is 18.8 Å². The van der Waals surface area contributed by atoms with Gasteiger partial charge in [-0.05, 0) is 12.8 Å². The minimum Gasteiger partial charge on any atom is -0.230 e. The van der Waals surface area contributed by atoms with Crippen LogP contribution >= 0.6 is 0 Å². The van der Waals surface area contributed by atoms with Crippen molar-refractivity contribution in [2.75, 3.05) is 19.6 Å². The first-order valence-corrected chi connectivity index (χ1v) is 4.72. The second-order valence-electron chi connectivity index (χ2n) is 3.86. The van der Waals surface area contributed by atoms with Crippen LogP contribution in [0.15, 0.2) is 4.99 Å². The van der Waals surface area contributed by atoms with Gasteiger partial charge in [-0.2, -0.15) is 0 Å². The van der Waals surface area contributed by atoms with E-state index in [1.807, 2.05) is 6.92 Å². The summed E-state index contributed by atoms with van der Waals surface area (Å²) in [5, 5.41) is 10.0. The maximum Gasteiger partial charge on any atom is 0.231 e. The minimum absolute atomic E-state index is 0.0815. The summed E-state index contributed by atoms with van der Waals surface area (Å²) in [6.45, 7) is 8.60. The summed E-state index contributed by atoms with van der Waals surface area (Å²) >= 11 is 0. The first kappa shape index (κ1) is 9.68. The summed E-state index contributed by atoms with van der Waals surface area (Å²) in [6, 6.07) is 0. The Hall–Kier alpha value is -0.410. The SMILES string of the molecule is CC[N+]1(O)CCN=C1CC(C)C. The Labute approximate surface area is 74.3 Å². The van der Waals surface area contributed by atoms with Gasteiger partial charge in [0.1, 0.15) is 13.1 Å². The lowest BCUT2D eigenvalue weighted by molar-refractivity contribution is -1.03. The fraction of sp³-hybridized carbons (Fsp3) is 0.889. The third-order valence-corrected chi connectivity index (χ3v) is 2.36. The van der Waals surface area contributed by atoms with Crippen molar-refractivity contribution in [3.8, 4) is 0 Å². The second kappa shape index (κ2) is 3.54. The Morgan fingerprint density at radius 1 is 1.58 bits per heavy atom. The Morgan fingerprint density at radius 3 is 2.75 bits per heavy atom. The predicted octanol–water partition coefficient (Wildman–Crippen LogP) is 1.67. The van der Waals surface area contributed by atoms with Crippen LogP contribution in [0.4, 0.5) is 0 Å². The molecule has 1 atom stereocenters. The van der Waals surface area contributed by atoms with E-state index in [0.717, 1.165) is 31.9 Å². The molecule has 0 saturated heterocycles. The summed E-state index contributed by atoms with van der Waals surface area (Å²) in [6.07, 6.45) is 0.921. The van der Waals surface area contributed by atoms with Crippen LogP contribution < -0.4 is 0 Å². The van der Waals surface area contributed by atoms with Gasteiger partial charge in [0.05, 0.1) is 6.54 Å². The smallest absolute Gasteiger partial charge is 0.230 e. The fourth-order valence-electron chi connectivity index (χ4n) is 1.55. The largest absolute Gasteiger partial charge is 0.231 e. The molecule has 0 fully saturated rings. The molecule has 1 N–H and O–H groups in total. The third kappa shape index (κ3) is 1.84. The zero-order valence-electron chi connectivity index (χ0n) is 8.25. The number of hydrogen-bond acceptors (Lipinski definition) is 2. The number of quaternary nitrogens is 1. The Balaban J connectivity index is 2.62. The van der Waals surface area contributed by atoms with Crippen LogP contribution in [-0.2, 0) is 0 Å². The molecule has 0 saturated carbocycles. The number of aliphatic imine (C=N–C) groups is 1. The van der Waals surface area contributed by atoms with Gasteiger partial charge in [0.25, 0.3) is 0 Å². The summed E-state index contributed by atoms with van der Waals surface area (Å²) in [7, 11) is 0. The van der Waals surface area contributed by atoms with Crippen molar-refractivity contribution >= 4 is 5.84 Å². The van der Waals surface area contributed by atoms with Crippen molar-refractivity contribution in [3.63, 3.8) is 0 Å². The van der Waals surface area contributed by atoms with Gasteiger partial charge in [0.15, 0.2) is 0 Å². The first-order chi connectivity index (χ1) is 5.58. The van der Waals surface area contributed by atoms with Crippen LogP contribution in [0.3, 0.4) is 0 Å². The zero-order chi connectivity index (χ0) is 9.19. The van der Waals surface area contributed by atoms with Crippen LogP contribution in [0.2, 0.25) is 0 Å². The summed E-state index contributed by atoms with van der Waals surface area (Å²) in [5.41, 5.74) is 0. The Bertz CT molecular complexity index is 189. The van der Waals surface area contributed by atoms with Crippen LogP contribution in [0.1, 0.15) is 27.2 Å². The molecule has 12 heavy (non-hydrogen) atoms. The molecule has 0 aromatic heterocycles. The third-order valence-electron chi connectivity index (χ3n) is 2.36. The molecule has 0 amide bonds. The van der Waals surface area contributed by atoms with Gasteiger partial charge in [-0.3, -0.25) is 0 Å². The lowest BCUT2D eigenvalue weighted by Crippen LogP contribution is -2.47. The monoisotopic (exact) mass is 171 g/mol. The number of hydroxylamine groups is 3. The van der Waals surface area contributed by atoms with Gasteiger partial charge in [0, 0.05) is 6.42 Å². The lowest BCUT2D eigenvalue weighted by Gasteiger charge is -2.24. The molecule has 70 valence electrons. The molecular weight excluding hydrogens is 152 g/mol. The van der Waals surface area contributed by atoms with Crippen molar-refractivity contribution in [3.05, 3.63) is 0 Å². The average Bonchev–Trinajstić information content (AvgIpc) is 2.33. The summed E-state index contributed by atoms with van der Waals surface area (Å²) < 4.78 is 0.0815. The molecule has 0 aromatic rings. The van der Waals surface area contributed by atoms with E-state index >= 15 is 0 Å². The topological polar surface area (TPSA) is 32.6 Å². The zero-order valence-corrected chi connectivity index (χ0v) is 8.25. The molecular formula is C9H19N2O+. The molecule has 3 heteroatoms. The highest BCUT2D eigenvalue weighted by Gasteiger charge is 2.35. The van der Waals surface area contributed by atoms with Crippen molar-refractivity contribution in [1.29, 1.82) is 0 Å². The fourth-order valence-corrected chi connectivity index (χ4v) is 1.55. The highest BCUT2D eigenvalue weighted by atomic mass is 16.5. The van der Waals surface area contributed by atoms with Gasteiger partial charge < -0.3 is 0 Å². The summed E-state index contributed by atoms with van der Waals surface area (Å²) in [5.74, 6) is 1.55. The standard InChI is InChI=1S/C9H19N2O/c1-4-11(12)6-5-10-9(11)7-8(2)3/h8,12H,4-7H2,1-3H3/q+1. The summed E-state index contributed by atoms with van der Waals surface area (Å²) in [4.78, 5) is 4.34. The van der Waals surface area contributed by atoms with Crippen molar-refractivity contribution in [1.82, 2.24) is 0 Å². The van der Waals surface area contributed by atoms with E-state index < -0.39 is 0 Å². The van der Waals surface area contributed by atoms with Crippen LogP contribution in [-0.4, -0.2) is 35.3 Å². The van der Waals surface area contributed by atoms with E-state index in [1.54, 1.807) is 0 Å². The molecule has 0 spiro atoms. The highest BCUT2D eigenvalue weighted by molar-refractivity contribution is 5.76. The predicted molar refractivity (Wildman–Crippen MR) is 49.2 cm³/mol. The number of hydrogen-bond donors (Lipinski definition) is 1. The van der Waals surface area contributed by atoms with Gasteiger partial charge in [-0.25, -0.2) is 10.2 Å². The van der Waals surface area contributed by atoms with Gasteiger partial charge in [-0.1, -0.05) is 13.8 Å².